The van der Waals surface area contributed by atoms with Crippen molar-refractivity contribution < 1.29 is 68.4 Å². The number of phenolic OH excluding ortho intramolecular Hbond substituents is 1. The number of aromatic hydroxyl groups is 1. The second-order valence-corrected chi connectivity index (χ2v) is 14.8. The third-order valence-electron chi connectivity index (χ3n) is 10.9. The van der Waals surface area contributed by atoms with E-state index in [0.29, 0.717) is 12.8 Å². The van der Waals surface area contributed by atoms with Gasteiger partial charge in [0.15, 0.2) is 41.3 Å². The lowest BCUT2D eigenvalue weighted by molar-refractivity contribution is -0.292. The predicted molar refractivity (Wildman–Crippen MR) is 173 cm³/mol. The molecule has 3 aliphatic carbocycles. The van der Waals surface area contributed by atoms with Gasteiger partial charge in [0.05, 0.1) is 47.3 Å². The molecule has 1 aromatic carbocycles. The highest BCUT2D eigenvalue weighted by Crippen LogP contribution is 2.52. The number of fused-ring (bicyclic) bond motifs is 3. The van der Waals surface area contributed by atoms with E-state index >= 15 is 0 Å². The minimum atomic E-state index is -2.78. The van der Waals surface area contributed by atoms with Gasteiger partial charge in [-0.1, -0.05) is 12.1 Å². The Kier molecular flexibility index (Phi) is 8.88. The fraction of sp³-hybridized carbons (Fsp3) is 0.568. The highest BCUT2D eigenvalue weighted by molar-refractivity contribution is 6.32. The third-order valence-corrected chi connectivity index (χ3v) is 10.9. The molecule has 0 spiro atoms. The molecule has 5 N–H and O–H groups in total. The number of ether oxygens (including phenoxy) is 5. The van der Waals surface area contributed by atoms with Crippen LogP contribution in [0.4, 0.5) is 0 Å². The van der Waals surface area contributed by atoms with E-state index in [1.165, 1.54) is 25.1 Å². The molecule has 6 aliphatic rings. The third kappa shape index (κ3) is 5.86. The van der Waals surface area contributed by atoms with E-state index in [9.17, 15) is 44.7 Å². The molecule has 14 heteroatoms. The van der Waals surface area contributed by atoms with Crippen LogP contribution in [0.2, 0.25) is 0 Å². The highest BCUT2D eigenvalue weighted by atomic mass is 16.7. The molecule has 0 radical (unpaired) electrons. The van der Waals surface area contributed by atoms with Gasteiger partial charge in [-0.2, -0.15) is 0 Å². The first kappa shape index (κ1) is 35.9. The molecule has 51 heavy (non-hydrogen) atoms. The normalized spacial score (nSPS) is 42.5. The van der Waals surface area contributed by atoms with Crippen LogP contribution in [0.5, 0.6) is 5.75 Å². The Balaban J connectivity index is 1.05. The molecular formula is C37H42O14. The maximum absolute atomic E-state index is 13.9. The monoisotopic (exact) mass is 710 g/mol. The molecular weight excluding hydrogens is 668 g/mol. The van der Waals surface area contributed by atoms with E-state index in [2.05, 4.69) is 0 Å². The molecule has 274 valence electrons. The molecule has 3 aliphatic heterocycles. The van der Waals surface area contributed by atoms with Gasteiger partial charge in [-0.05, 0) is 58.4 Å². The summed E-state index contributed by atoms with van der Waals surface area (Å²) in [5.74, 6) is -3.46. The van der Waals surface area contributed by atoms with Crippen LogP contribution in [0.25, 0.3) is 0 Å². The number of carbonyl (C=O) groups is 4. The number of aliphatic hydroxyl groups excluding tert-OH is 1. The van der Waals surface area contributed by atoms with Crippen LogP contribution in [-0.2, 0) is 33.3 Å². The molecule has 3 fully saturated rings. The molecule has 1 saturated carbocycles. The summed E-state index contributed by atoms with van der Waals surface area (Å²) in [4.78, 5) is 52.7. The zero-order chi connectivity index (χ0) is 36.8. The number of rotatable bonds is 5. The Hall–Kier alpha value is -3.44. The lowest BCUT2D eigenvalue weighted by atomic mass is 9.57. The summed E-state index contributed by atoms with van der Waals surface area (Å²) in [5.41, 5.74) is -8.24. The van der Waals surface area contributed by atoms with Gasteiger partial charge < -0.3 is 49.2 Å². The first-order chi connectivity index (χ1) is 23.9. The molecule has 2 saturated heterocycles. The molecule has 0 aromatic heterocycles. The van der Waals surface area contributed by atoms with Crippen LogP contribution in [-0.4, -0.2) is 115 Å². The summed E-state index contributed by atoms with van der Waals surface area (Å²) >= 11 is 0. The number of hydrogen-bond donors (Lipinski definition) is 5. The fourth-order valence-corrected chi connectivity index (χ4v) is 8.27. The Morgan fingerprint density at radius 2 is 1.65 bits per heavy atom. The van der Waals surface area contributed by atoms with E-state index in [0.717, 1.165) is 12.2 Å². The Labute approximate surface area is 293 Å². The Bertz CT molecular complexity index is 1760. The van der Waals surface area contributed by atoms with Crippen molar-refractivity contribution in [2.75, 3.05) is 0 Å². The Morgan fingerprint density at radius 1 is 0.902 bits per heavy atom. The number of hydrogen-bond acceptors (Lipinski definition) is 14. The van der Waals surface area contributed by atoms with Crippen LogP contribution < -0.4 is 0 Å². The number of phenols is 1. The van der Waals surface area contributed by atoms with Gasteiger partial charge in [-0.15, -0.1) is 0 Å². The quantitative estimate of drug-likeness (QED) is 0.294. The summed E-state index contributed by atoms with van der Waals surface area (Å²) < 4.78 is 30.0. The van der Waals surface area contributed by atoms with Crippen LogP contribution in [0.15, 0.2) is 47.6 Å². The number of ketones is 4. The van der Waals surface area contributed by atoms with E-state index in [4.69, 9.17) is 23.7 Å². The molecule has 0 amide bonds. The zero-order valence-corrected chi connectivity index (χ0v) is 28.6. The van der Waals surface area contributed by atoms with E-state index in [1.54, 1.807) is 19.9 Å². The summed E-state index contributed by atoms with van der Waals surface area (Å²) in [7, 11) is 0. The second kappa shape index (κ2) is 12.6. The lowest BCUT2D eigenvalue weighted by Crippen LogP contribution is -2.69. The van der Waals surface area contributed by atoms with Gasteiger partial charge in [0.25, 0.3) is 0 Å². The molecule has 14 nitrogen and oxygen atoms in total. The maximum Gasteiger partial charge on any atom is 0.198 e. The van der Waals surface area contributed by atoms with Crippen LogP contribution in [0.1, 0.15) is 92.2 Å². The highest BCUT2D eigenvalue weighted by Gasteiger charge is 2.66. The summed E-state index contributed by atoms with van der Waals surface area (Å²) in [6.07, 6.45) is -0.990. The summed E-state index contributed by atoms with van der Waals surface area (Å²) in [6.45, 7) is 6.52. The van der Waals surface area contributed by atoms with Crippen molar-refractivity contribution in [3.8, 4) is 5.75 Å². The first-order valence-corrected chi connectivity index (χ1v) is 17.2. The van der Waals surface area contributed by atoms with Crippen molar-refractivity contribution in [2.45, 2.75) is 132 Å². The number of Topliss-reactive ketones (excluding diaryl/α,β-unsaturated/α-hetero) is 3. The largest absolute Gasteiger partial charge is 0.507 e. The zero-order valence-electron chi connectivity index (χ0n) is 28.6. The predicted octanol–water partition coefficient (Wildman–Crippen LogP) is 1.59. The molecule has 3 heterocycles. The van der Waals surface area contributed by atoms with Crippen LogP contribution in [0.3, 0.4) is 0 Å². The first-order valence-electron chi connectivity index (χ1n) is 17.2. The lowest BCUT2D eigenvalue weighted by Gasteiger charge is -2.51. The molecule has 0 unspecified atom stereocenters. The standard InChI is InChI=1S/C37H42O14/c1-16-22(38)7-9-27(48-16)50-24-8-10-28(49-17(24)2)51-34-18(3)47-25(13-23(34)39)19-5-6-20-29(31(19)41)32(42)21-11-12-36(45)15-35(4,44)14-26(40)37(36,46)30(21)33(20)43/h5-7,9,11-12,16-18,23-25,27-28,34,39,41,44-46H,8,10,13-15H2,1-4H3/t16-,17-,18+,23-,24-,25+,27-,28-,34+,35-,36-,37-/m0/s1. The summed E-state index contributed by atoms with van der Waals surface area (Å²) in [5, 5.41) is 56.2. The number of allylic oxidation sites excluding steroid dienone is 2. The minimum Gasteiger partial charge on any atom is -0.507 e. The van der Waals surface area contributed by atoms with Crippen molar-refractivity contribution >= 4 is 23.1 Å². The molecule has 7 rings (SSSR count). The number of aliphatic hydroxyl groups is 4. The van der Waals surface area contributed by atoms with Gasteiger partial charge in [0.1, 0.15) is 23.6 Å². The van der Waals surface area contributed by atoms with Crippen molar-refractivity contribution in [1.29, 1.82) is 0 Å². The molecule has 1 aromatic rings. The van der Waals surface area contributed by atoms with Crippen molar-refractivity contribution in [2.24, 2.45) is 0 Å². The maximum atomic E-state index is 13.9. The topological polar surface area (TPSA) is 216 Å². The van der Waals surface area contributed by atoms with Crippen molar-refractivity contribution in [1.82, 2.24) is 0 Å². The van der Waals surface area contributed by atoms with Crippen LogP contribution in [0, 0.1) is 0 Å². The number of benzene rings is 1. The van der Waals surface area contributed by atoms with Gasteiger partial charge in [-0.25, -0.2) is 0 Å². The number of carbonyl (C=O) groups excluding carboxylic acids is 4. The Morgan fingerprint density at radius 3 is 2.33 bits per heavy atom. The summed E-state index contributed by atoms with van der Waals surface area (Å²) in [6, 6.07) is 2.66. The molecule has 12 atom stereocenters. The van der Waals surface area contributed by atoms with Gasteiger partial charge in [0.2, 0.25) is 0 Å². The molecule has 0 bridgehead atoms. The van der Waals surface area contributed by atoms with Crippen molar-refractivity contribution in [3.63, 3.8) is 0 Å². The average Bonchev–Trinajstić information content (AvgIpc) is 3.04. The fourth-order valence-electron chi connectivity index (χ4n) is 8.27. The van der Waals surface area contributed by atoms with E-state index in [-0.39, 0.29) is 46.7 Å². The van der Waals surface area contributed by atoms with Gasteiger partial charge in [0, 0.05) is 42.4 Å². The van der Waals surface area contributed by atoms with Crippen molar-refractivity contribution in [3.05, 3.63) is 64.3 Å². The van der Waals surface area contributed by atoms with E-state index < -0.39 is 101 Å². The van der Waals surface area contributed by atoms with Gasteiger partial charge >= 0.3 is 0 Å². The van der Waals surface area contributed by atoms with E-state index in [1.807, 2.05) is 6.92 Å². The minimum absolute atomic E-state index is 0.0329. The smallest absolute Gasteiger partial charge is 0.198 e. The average molecular weight is 711 g/mol. The second-order valence-electron chi connectivity index (χ2n) is 14.8. The van der Waals surface area contributed by atoms with Gasteiger partial charge in [-0.3, -0.25) is 19.2 Å². The SMILES string of the molecule is C[C@@H]1O[C@@H](O[C@H]2CC[C@H](O[C@H]3[C@@H](O)C[C@H](c4ccc5c(c4O)C(=O)C4=C(C5=O)[C@@]5(O)C(=O)C[C@](C)(O)C[C@@]5(O)C=C4)O[C@@H]3C)O[C@H]2C)C=CC1=O. The van der Waals surface area contributed by atoms with Crippen LogP contribution >= 0.6 is 0 Å².